The molecule has 22 heavy (non-hydrogen) atoms. The first-order chi connectivity index (χ1) is 10.5. The standard InChI is InChI=1S/C16H18ClNO3S/c1-9-7-12(20-3)13(21-4)8-11(9)10(2)18-16(19)14-5-6-15(17)22-14/h5-8,10H,1-4H3,(H,18,19). The Morgan fingerprint density at radius 2 is 1.86 bits per heavy atom. The fourth-order valence-corrected chi connectivity index (χ4v) is 3.19. The summed E-state index contributed by atoms with van der Waals surface area (Å²) in [5.74, 6) is 1.18. The van der Waals surface area contributed by atoms with E-state index in [2.05, 4.69) is 5.32 Å². The van der Waals surface area contributed by atoms with Crippen LogP contribution in [0, 0.1) is 6.92 Å². The van der Waals surface area contributed by atoms with E-state index in [-0.39, 0.29) is 11.9 Å². The fraction of sp³-hybridized carbons (Fsp3) is 0.312. The molecular formula is C16H18ClNO3S. The van der Waals surface area contributed by atoms with E-state index in [1.54, 1.807) is 26.4 Å². The molecule has 0 radical (unpaired) electrons. The number of rotatable bonds is 5. The lowest BCUT2D eigenvalue weighted by atomic mass is 10.0. The Morgan fingerprint density at radius 1 is 1.23 bits per heavy atom. The van der Waals surface area contributed by atoms with Crippen LogP contribution in [-0.2, 0) is 0 Å². The third-order valence-corrected chi connectivity index (χ3v) is 4.61. The Hall–Kier alpha value is -1.72. The normalized spacial score (nSPS) is 11.9. The Labute approximate surface area is 139 Å². The number of carbonyl (C=O) groups is 1. The lowest BCUT2D eigenvalue weighted by Gasteiger charge is -2.19. The monoisotopic (exact) mass is 339 g/mol. The van der Waals surface area contributed by atoms with Gasteiger partial charge in [-0.05, 0) is 49.2 Å². The van der Waals surface area contributed by atoms with Crippen LogP contribution in [0.2, 0.25) is 4.34 Å². The molecule has 0 saturated carbocycles. The van der Waals surface area contributed by atoms with Crippen molar-refractivity contribution in [1.82, 2.24) is 5.32 Å². The van der Waals surface area contributed by atoms with Crippen molar-refractivity contribution in [2.75, 3.05) is 14.2 Å². The first-order valence-corrected chi connectivity index (χ1v) is 7.94. The third-order valence-electron chi connectivity index (χ3n) is 3.38. The van der Waals surface area contributed by atoms with Gasteiger partial charge >= 0.3 is 0 Å². The van der Waals surface area contributed by atoms with Crippen molar-refractivity contribution in [3.8, 4) is 11.5 Å². The number of halogens is 1. The second-order valence-corrected chi connectivity index (χ2v) is 6.58. The molecule has 0 bridgehead atoms. The molecule has 0 saturated heterocycles. The smallest absolute Gasteiger partial charge is 0.261 e. The SMILES string of the molecule is COc1cc(C)c(C(C)NC(=O)c2ccc(Cl)s2)cc1OC. The number of hydrogen-bond acceptors (Lipinski definition) is 4. The maximum absolute atomic E-state index is 12.2. The van der Waals surface area contributed by atoms with Gasteiger partial charge < -0.3 is 14.8 Å². The van der Waals surface area contributed by atoms with Crippen LogP contribution in [0.15, 0.2) is 24.3 Å². The van der Waals surface area contributed by atoms with Crippen LogP contribution in [0.5, 0.6) is 11.5 Å². The van der Waals surface area contributed by atoms with Crippen LogP contribution in [0.1, 0.15) is 33.8 Å². The molecule has 1 atom stereocenters. The molecule has 1 N–H and O–H groups in total. The molecule has 0 aliphatic rings. The number of methoxy groups -OCH3 is 2. The third kappa shape index (κ3) is 3.54. The molecule has 2 aromatic rings. The number of aryl methyl sites for hydroxylation is 1. The van der Waals surface area contributed by atoms with Crippen LogP contribution in [-0.4, -0.2) is 20.1 Å². The number of amides is 1. The molecule has 1 heterocycles. The van der Waals surface area contributed by atoms with Crippen LogP contribution in [0.25, 0.3) is 0 Å². The summed E-state index contributed by atoms with van der Waals surface area (Å²) in [7, 11) is 3.19. The van der Waals surface area contributed by atoms with E-state index in [1.165, 1.54) is 11.3 Å². The van der Waals surface area contributed by atoms with Crippen LogP contribution < -0.4 is 14.8 Å². The minimum Gasteiger partial charge on any atom is -0.493 e. The van der Waals surface area contributed by atoms with E-state index < -0.39 is 0 Å². The van der Waals surface area contributed by atoms with Gasteiger partial charge in [-0.25, -0.2) is 0 Å². The predicted molar refractivity (Wildman–Crippen MR) is 89.5 cm³/mol. The van der Waals surface area contributed by atoms with E-state index in [0.29, 0.717) is 20.7 Å². The van der Waals surface area contributed by atoms with Gasteiger partial charge in [-0.1, -0.05) is 11.6 Å². The molecule has 0 aliphatic carbocycles. The molecular weight excluding hydrogens is 322 g/mol. The molecule has 6 heteroatoms. The fourth-order valence-electron chi connectivity index (χ4n) is 2.24. The Bertz CT molecular complexity index is 684. The molecule has 1 amide bonds. The van der Waals surface area contributed by atoms with Gasteiger partial charge in [0.1, 0.15) is 0 Å². The van der Waals surface area contributed by atoms with Gasteiger partial charge in [-0.15, -0.1) is 11.3 Å². The second-order valence-electron chi connectivity index (χ2n) is 4.86. The lowest BCUT2D eigenvalue weighted by molar-refractivity contribution is 0.0944. The predicted octanol–water partition coefficient (Wildman–Crippen LogP) is 4.22. The van der Waals surface area contributed by atoms with Crippen LogP contribution in [0.4, 0.5) is 0 Å². The molecule has 118 valence electrons. The summed E-state index contributed by atoms with van der Waals surface area (Å²) in [4.78, 5) is 12.8. The van der Waals surface area contributed by atoms with Gasteiger partial charge in [0.2, 0.25) is 0 Å². The van der Waals surface area contributed by atoms with Crippen molar-refractivity contribution < 1.29 is 14.3 Å². The van der Waals surface area contributed by atoms with Gasteiger partial charge in [0.15, 0.2) is 11.5 Å². The zero-order chi connectivity index (χ0) is 16.3. The topological polar surface area (TPSA) is 47.6 Å². The highest BCUT2D eigenvalue weighted by Crippen LogP contribution is 2.33. The molecule has 1 aromatic heterocycles. The molecule has 0 aliphatic heterocycles. The summed E-state index contributed by atoms with van der Waals surface area (Å²) in [5.41, 5.74) is 2.00. The van der Waals surface area contributed by atoms with Crippen LogP contribution >= 0.6 is 22.9 Å². The Kier molecular flexibility index (Phi) is 5.32. The summed E-state index contributed by atoms with van der Waals surface area (Å²) in [5, 5.41) is 2.97. The van der Waals surface area contributed by atoms with Gasteiger partial charge in [0.05, 0.1) is 29.5 Å². The van der Waals surface area contributed by atoms with Gasteiger partial charge in [-0.2, -0.15) is 0 Å². The summed E-state index contributed by atoms with van der Waals surface area (Å²) >= 11 is 7.12. The van der Waals surface area contributed by atoms with E-state index in [9.17, 15) is 4.79 Å². The van der Waals surface area contributed by atoms with E-state index in [1.807, 2.05) is 26.0 Å². The molecule has 0 spiro atoms. The summed E-state index contributed by atoms with van der Waals surface area (Å²) in [6.07, 6.45) is 0. The number of carbonyl (C=O) groups excluding carboxylic acids is 1. The lowest BCUT2D eigenvalue weighted by Crippen LogP contribution is -2.26. The largest absolute Gasteiger partial charge is 0.493 e. The molecule has 0 fully saturated rings. The minimum absolute atomic E-state index is 0.140. The van der Waals surface area contributed by atoms with Crippen molar-refractivity contribution in [2.24, 2.45) is 0 Å². The van der Waals surface area contributed by atoms with Gasteiger partial charge in [0.25, 0.3) is 5.91 Å². The second kappa shape index (κ2) is 7.03. The maximum Gasteiger partial charge on any atom is 0.261 e. The summed E-state index contributed by atoms with van der Waals surface area (Å²) in [6.45, 7) is 3.91. The van der Waals surface area contributed by atoms with Crippen LogP contribution in [0.3, 0.4) is 0 Å². The maximum atomic E-state index is 12.2. The van der Waals surface area contributed by atoms with E-state index in [0.717, 1.165) is 11.1 Å². The zero-order valence-corrected chi connectivity index (χ0v) is 14.5. The quantitative estimate of drug-likeness (QED) is 0.887. The first-order valence-electron chi connectivity index (χ1n) is 6.75. The zero-order valence-electron chi connectivity index (χ0n) is 12.9. The van der Waals surface area contributed by atoms with Crippen molar-refractivity contribution in [3.63, 3.8) is 0 Å². The molecule has 1 aromatic carbocycles. The van der Waals surface area contributed by atoms with Gasteiger partial charge in [-0.3, -0.25) is 4.79 Å². The van der Waals surface area contributed by atoms with Crippen molar-refractivity contribution in [1.29, 1.82) is 0 Å². The molecule has 4 nitrogen and oxygen atoms in total. The summed E-state index contributed by atoms with van der Waals surface area (Å²) in [6, 6.07) is 7.07. The number of nitrogens with one attached hydrogen (secondary N) is 1. The number of ether oxygens (including phenoxy) is 2. The minimum atomic E-state index is -0.159. The number of thiophene rings is 1. The average molecular weight is 340 g/mol. The van der Waals surface area contributed by atoms with E-state index in [4.69, 9.17) is 21.1 Å². The summed E-state index contributed by atoms with van der Waals surface area (Å²) < 4.78 is 11.2. The highest BCUT2D eigenvalue weighted by atomic mass is 35.5. The highest BCUT2D eigenvalue weighted by molar-refractivity contribution is 7.17. The van der Waals surface area contributed by atoms with Crippen molar-refractivity contribution in [3.05, 3.63) is 44.6 Å². The number of benzene rings is 1. The molecule has 1 unspecified atom stereocenters. The number of hydrogen-bond donors (Lipinski definition) is 1. The Balaban J connectivity index is 2.22. The van der Waals surface area contributed by atoms with E-state index >= 15 is 0 Å². The Morgan fingerprint density at radius 3 is 2.41 bits per heavy atom. The molecule has 2 rings (SSSR count). The highest BCUT2D eigenvalue weighted by Gasteiger charge is 2.17. The van der Waals surface area contributed by atoms with Gasteiger partial charge in [0, 0.05) is 0 Å². The van der Waals surface area contributed by atoms with Crippen molar-refractivity contribution >= 4 is 28.8 Å². The van der Waals surface area contributed by atoms with Crippen molar-refractivity contribution in [2.45, 2.75) is 19.9 Å². The average Bonchev–Trinajstić information content (AvgIpc) is 2.93. The first kappa shape index (κ1) is 16.6.